The molecule has 0 saturated heterocycles. The molecule has 0 unspecified atom stereocenters. The van der Waals surface area contributed by atoms with Gasteiger partial charge in [0.25, 0.3) is 0 Å². The molecule has 1 radical (unpaired) electrons. The molecule has 0 spiro atoms. The summed E-state index contributed by atoms with van der Waals surface area (Å²) >= 11 is 0. The van der Waals surface area contributed by atoms with Gasteiger partial charge in [0.05, 0.1) is 0 Å². The fraction of sp³-hybridized carbons (Fsp3) is 0.750. The van der Waals surface area contributed by atoms with E-state index in [2.05, 4.69) is 5.67 Å². The largest absolute Gasteiger partial charge is 0.312 e. The van der Waals surface area contributed by atoms with Gasteiger partial charge in [-0.1, -0.05) is 5.67 Å². The molecule has 0 bridgehead atoms. The highest BCUT2D eigenvalue weighted by Gasteiger charge is 1.58. The summed E-state index contributed by atoms with van der Waals surface area (Å²) in [6, 6.07) is 0. The molecule has 0 amide bonds. The molecule has 1 nitrogen and oxygen atoms in total. The summed E-state index contributed by atoms with van der Waals surface area (Å²) < 4.78 is 0. The van der Waals surface area contributed by atoms with Crippen molar-refractivity contribution in [3.63, 3.8) is 0 Å². The molecule has 0 aliphatic rings. The summed E-state index contributed by atoms with van der Waals surface area (Å²) in [5.74, 6) is 0. The van der Waals surface area contributed by atoms with Crippen molar-refractivity contribution in [2.75, 3.05) is 21.1 Å². The fourth-order valence-electron chi connectivity index (χ4n) is 0. The van der Waals surface area contributed by atoms with Gasteiger partial charge in [-0.25, -0.2) is 0 Å². The van der Waals surface area contributed by atoms with E-state index in [0.29, 0.717) is 0 Å². The highest BCUT2D eigenvalue weighted by Crippen LogP contribution is 1.47. The second kappa shape index (κ2) is 9.64. The van der Waals surface area contributed by atoms with Crippen molar-refractivity contribution in [3.05, 3.63) is 5.67 Å². The first kappa shape index (κ1) is 10.4. The number of hydrogen-bond acceptors (Lipinski definition) is 1. The topological polar surface area (TPSA) is 3.24 Å². The van der Waals surface area contributed by atoms with Crippen LogP contribution in [0.25, 0.3) is 0 Å². The molecule has 0 saturated carbocycles. The number of nitrogens with zero attached hydrogens (tertiary/aromatic N) is 1. The number of rotatable bonds is 0. The third kappa shape index (κ3) is 796. The Morgan fingerprint density at radius 1 is 1.14 bits per heavy atom. The molecule has 0 N–H and O–H groups in total. The van der Waals surface area contributed by atoms with Gasteiger partial charge in [-0.3, -0.25) is 0 Å². The van der Waals surface area contributed by atoms with E-state index in [1.54, 1.807) is 0 Å². The molecule has 7 heavy (non-hydrogen) atoms. The quantitative estimate of drug-likeness (QED) is 0.347. The second-order valence-electron chi connectivity index (χ2n) is 1.92. The van der Waals surface area contributed by atoms with Crippen molar-refractivity contribution < 1.29 is 0 Å². The van der Waals surface area contributed by atoms with Crippen LogP contribution >= 0.6 is 0 Å². The molecule has 45 valence electrons. The molecule has 0 fully saturated rings. The Hall–Kier alpha value is 0.394. The van der Waals surface area contributed by atoms with E-state index in [-0.39, 0.29) is 0 Å². The van der Waals surface area contributed by atoms with Crippen molar-refractivity contribution in [3.8, 4) is 0 Å². The maximum absolute atomic E-state index is 2.28. The zero-order valence-electron chi connectivity index (χ0n) is 6.02. The van der Waals surface area contributed by atoms with E-state index in [4.69, 9.17) is 0 Å². The Balaban J connectivity index is 0. The van der Waals surface area contributed by atoms with Crippen LogP contribution < -0.4 is 0 Å². The predicted molar refractivity (Wildman–Crippen MR) is 43.8 cm³/mol. The van der Waals surface area contributed by atoms with E-state index in [1.165, 1.54) is 20.5 Å². The van der Waals surface area contributed by atoms with Gasteiger partial charge in [0.2, 0.25) is 0 Å². The Bertz CT molecular complexity index is 20.9. The average molecular weight is 134 g/mol. The molecule has 0 aliphatic heterocycles. The van der Waals surface area contributed by atoms with Crippen LogP contribution in [0.4, 0.5) is 0 Å². The lowest BCUT2D eigenvalue weighted by Gasteiger charge is -1.90. The summed E-state index contributed by atoms with van der Waals surface area (Å²) in [4.78, 5) is 2.00. The Morgan fingerprint density at radius 3 is 1.14 bits per heavy atom. The second-order valence-corrected chi connectivity index (χ2v) is 6.54. The van der Waals surface area contributed by atoms with Crippen molar-refractivity contribution in [1.82, 2.24) is 4.90 Å². The Labute approximate surface area is 52.9 Å². The van der Waals surface area contributed by atoms with Crippen molar-refractivity contribution in [2.45, 2.75) is 0 Å². The Morgan fingerprint density at radius 2 is 1.14 bits per heavy atom. The van der Waals surface area contributed by atoms with Crippen LogP contribution in [-0.4, -0.2) is 46.5 Å². The summed E-state index contributed by atoms with van der Waals surface area (Å²) in [5, 5.41) is 0. The molecular formula is C4H16NSi2. The summed E-state index contributed by atoms with van der Waals surface area (Å²) in [7, 11) is 8.61. The maximum atomic E-state index is 2.28. The maximum Gasteiger partial charge on any atom is 0.00201 e. The minimum Gasteiger partial charge on any atom is -0.312 e. The van der Waals surface area contributed by atoms with Crippen LogP contribution in [0.3, 0.4) is 0 Å². The van der Waals surface area contributed by atoms with Gasteiger partial charge in [0, 0.05) is 20.5 Å². The standard InChI is InChI=1S/C3H9N.CH7Si2/c1-4(2)3;2-1-3/h1-3H3;1H,2-3H3. The third-order valence-corrected chi connectivity index (χ3v) is 0. The molecule has 0 heterocycles. The zero-order chi connectivity index (χ0) is 6.28. The van der Waals surface area contributed by atoms with Crippen LogP contribution in [0.2, 0.25) is 0 Å². The summed E-state index contributed by atoms with van der Waals surface area (Å²) in [5.41, 5.74) is 2.28. The molecule has 0 atom stereocenters. The monoisotopic (exact) mass is 134 g/mol. The SMILES string of the molecule is CN(C)C.[SiH3][CH][SiH3]. The number of hydrogen-bond donors (Lipinski definition) is 0. The molecule has 0 aromatic rings. The smallest absolute Gasteiger partial charge is 0.00201 e. The highest BCUT2D eigenvalue weighted by molar-refractivity contribution is 6.39. The molecule has 0 rings (SSSR count). The van der Waals surface area contributed by atoms with Gasteiger partial charge in [-0.2, -0.15) is 0 Å². The highest BCUT2D eigenvalue weighted by atomic mass is 28.2. The van der Waals surface area contributed by atoms with E-state index in [9.17, 15) is 0 Å². The van der Waals surface area contributed by atoms with Crippen LogP contribution in [0.1, 0.15) is 0 Å². The van der Waals surface area contributed by atoms with Gasteiger partial charge in [0.1, 0.15) is 0 Å². The van der Waals surface area contributed by atoms with E-state index in [1.807, 2.05) is 26.0 Å². The van der Waals surface area contributed by atoms with Crippen LogP contribution in [0.5, 0.6) is 0 Å². The lowest BCUT2D eigenvalue weighted by Crippen LogP contribution is -1.99. The lowest BCUT2D eigenvalue weighted by molar-refractivity contribution is 0.505. The van der Waals surface area contributed by atoms with Crippen LogP contribution in [0, 0.1) is 5.67 Å². The molecule has 0 aliphatic carbocycles. The average Bonchev–Trinajstić information content (AvgIpc) is 1.33. The minimum atomic E-state index is 1.31. The van der Waals surface area contributed by atoms with Gasteiger partial charge >= 0.3 is 0 Å². The molecule has 0 aromatic carbocycles. The summed E-state index contributed by atoms with van der Waals surface area (Å²) in [6.07, 6.45) is 0. The van der Waals surface area contributed by atoms with Crippen molar-refractivity contribution >= 4 is 20.5 Å². The third-order valence-electron chi connectivity index (χ3n) is 0. The van der Waals surface area contributed by atoms with E-state index >= 15 is 0 Å². The van der Waals surface area contributed by atoms with Crippen LogP contribution in [-0.2, 0) is 0 Å². The lowest BCUT2D eigenvalue weighted by atomic mass is 11.0. The predicted octanol–water partition coefficient (Wildman–Crippen LogP) is -1.99. The minimum absolute atomic E-state index is 1.31. The van der Waals surface area contributed by atoms with Gasteiger partial charge < -0.3 is 4.90 Å². The van der Waals surface area contributed by atoms with Crippen LogP contribution in [0.15, 0.2) is 0 Å². The van der Waals surface area contributed by atoms with Crippen molar-refractivity contribution in [1.29, 1.82) is 0 Å². The summed E-state index contributed by atoms with van der Waals surface area (Å²) in [6.45, 7) is 0. The molecule has 0 aromatic heterocycles. The molecule has 3 heteroatoms. The van der Waals surface area contributed by atoms with Crippen molar-refractivity contribution in [2.24, 2.45) is 0 Å². The molecular weight excluding hydrogens is 118 g/mol. The van der Waals surface area contributed by atoms with E-state index in [0.717, 1.165) is 0 Å². The van der Waals surface area contributed by atoms with E-state index < -0.39 is 0 Å². The van der Waals surface area contributed by atoms with Gasteiger partial charge in [-0.05, 0) is 21.1 Å². The normalized spacial score (nSPS) is 8.57. The zero-order valence-corrected chi connectivity index (χ0v) is 10.0. The first-order valence-electron chi connectivity index (χ1n) is 2.50. The first-order valence-corrected chi connectivity index (χ1v) is 4.81. The Kier molecular flexibility index (Phi) is 14.3. The van der Waals surface area contributed by atoms with Gasteiger partial charge in [0.15, 0.2) is 0 Å². The van der Waals surface area contributed by atoms with Gasteiger partial charge in [-0.15, -0.1) is 0 Å². The first-order chi connectivity index (χ1) is 3.15. The fourth-order valence-corrected chi connectivity index (χ4v) is 0.